The molecule has 0 fully saturated rings. The first-order valence-electron chi connectivity index (χ1n) is 8.16. The fraction of sp³-hybridized carbons (Fsp3) is 0.176. The van der Waals surface area contributed by atoms with Crippen molar-refractivity contribution in [2.45, 2.75) is 6.42 Å². The van der Waals surface area contributed by atoms with Gasteiger partial charge in [0, 0.05) is 18.7 Å². The van der Waals surface area contributed by atoms with Gasteiger partial charge in [-0.05, 0) is 12.1 Å². The lowest BCUT2D eigenvalue weighted by atomic mass is 10.1. The van der Waals surface area contributed by atoms with Gasteiger partial charge < -0.3 is 26.1 Å². The third kappa shape index (κ3) is 3.02. The number of methoxy groups -OCH3 is 1. The molecule has 2 aromatic heterocycles. The Balaban J connectivity index is 1.90. The Morgan fingerprint density at radius 1 is 1.33 bits per heavy atom. The van der Waals surface area contributed by atoms with E-state index in [9.17, 15) is 4.79 Å². The molecule has 0 saturated carbocycles. The number of hydrogen-bond donors (Lipinski definition) is 4. The van der Waals surface area contributed by atoms with E-state index in [1.54, 1.807) is 18.2 Å². The van der Waals surface area contributed by atoms with E-state index in [1.807, 2.05) is 0 Å². The summed E-state index contributed by atoms with van der Waals surface area (Å²) in [6.07, 6.45) is 1.98. The molecule has 0 unspecified atom stereocenters. The van der Waals surface area contributed by atoms with Crippen molar-refractivity contribution < 1.29 is 9.53 Å². The predicted molar refractivity (Wildman–Crippen MR) is 101 cm³/mol. The minimum Gasteiger partial charge on any atom is -0.493 e. The normalized spacial score (nSPS) is 13.0. The van der Waals surface area contributed by atoms with Crippen LogP contribution in [0.1, 0.15) is 16.1 Å². The molecule has 0 saturated heterocycles. The first-order chi connectivity index (χ1) is 13.1. The number of nitrogens with zero attached hydrogens (tertiary/aromatic N) is 3. The first kappa shape index (κ1) is 17.1. The average molecular weight is 386 g/mol. The molecule has 1 aromatic carbocycles. The minimum absolute atomic E-state index is 0.0864. The second kappa shape index (κ2) is 6.76. The lowest BCUT2D eigenvalue weighted by Gasteiger charge is -2.16. The zero-order valence-corrected chi connectivity index (χ0v) is 15.1. The van der Waals surface area contributed by atoms with E-state index >= 15 is 0 Å². The number of carbonyl (C=O) groups is 1. The molecular formula is C17H16ClN7O2. The van der Waals surface area contributed by atoms with Gasteiger partial charge in [0.25, 0.3) is 5.91 Å². The lowest BCUT2D eigenvalue weighted by Crippen LogP contribution is -2.31. The van der Waals surface area contributed by atoms with Gasteiger partial charge in [-0.25, -0.2) is 9.97 Å². The zero-order valence-electron chi connectivity index (χ0n) is 14.3. The molecule has 9 nitrogen and oxygen atoms in total. The maximum absolute atomic E-state index is 12.5. The van der Waals surface area contributed by atoms with Gasteiger partial charge in [-0.2, -0.15) is 4.98 Å². The molecule has 5 N–H and O–H groups in total. The second-order valence-electron chi connectivity index (χ2n) is 5.85. The zero-order chi connectivity index (χ0) is 19.0. The average Bonchev–Trinajstić information content (AvgIpc) is 3.02. The number of carbonyl (C=O) groups excluding carboxylic acids is 1. The molecule has 0 atom stereocenters. The molecular weight excluding hydrogens is 370 g/mol. The van der Waals surface area contributed by atoms with Crippen molar-refractivity contribution in [1.29, 1.82) is 0 Å². The van der Waals surface area contributed by atoms with Crippen molar-refractivity contribution >= 4 is 34.8 Å². The number of aromatic amines is 1. The molecule has 0 radical (unpaired) electrons. The molecule has 10 heteroatoms. The van der Waals surface area contributed by atoms with Crippen molar-refractivity contribution in [3.05, 3.63) is 40.8 Å². The topological polar surface area (TPSA) is 131 Å². The summed E-state index contributed by atoms with van der Waals surface area (Å²) >= 11 is 6.22. The summed E-state index contributed by atoms with van der Waals surface area (Å²) in [4.78, 5) is 27.9. The number of nitrogens with two attached hydrogens (primary N) is 1. The molecule has 27 heavy (non-hydrogen) atoms. The molecule has 4 rings (SSSR count). The number of hydrogen-bond acceptors (Lipinski definition) is 7. The van der Waals surface area contributed by atoms with Crippen LogP contribution < -0.4 is 21.1 Å². The maximum Gasteiger partial charge on any atom is 0.255 e. The standard InChI is InChI=1S/C17H16ClN7O2/c1-27-14-8(18)3-2-4-10(14)24-12-11-9(5-6-20-16(11)26)23-13(12)15-21-7-22-17(19)25-15/h2-4,7,23-24H,5-6H2,1H3,(H,20,26)(H2,19,21,22,25). The maximum atomic E-state index is 12.5. The van der Waals surface area contributed by atoms with Crippen LogP contribution in [0, 0.1) is 0 Å². The molecule has 1 amide bonds. The number of halogens is 1. The Morgan fingerprint density at radius 3 is 2.96 bits per heavy atom. The van der Waals surface area contributed by atoms with Gasteiger partial charge in [-0.15, -0.1) is 0 Å². The predicted octanol–water partition coefficient (Wildman–Crippen LogP) is 2.14. The van der Waals surface area contributed by atoms with Crippen LogP contribution in [0.25, 0.3) is 11.5 Å². The summed E-state index contributed by atoms with van der Waals surface area (Å²) in [5.74, 6) is 0.687. The minimum atomic E-state index is -0.190. The molecule has 0 aliphatic carbocycles. The van der Waals surface area contributed by atoms with Gasteiger partial charge in [0.15, 0.2) is 11.6 Å². The number of para-hydroxylation sites is 1. The lowest BCUT2D eigenvalue weighted by molar-refractivity contribution is 0.0947. The van der Waals surface area contributed by atoms with Gasteiger partial charge >= 0.3 is 0 Å². The number of amides is 1. The molecule has 0 spiro atoms. The van der Waals surface area contributed by atoms with Gasteiger partial charge in [-0.3, -0.25) is 4.79 Å². The van der Waals surface area contributed by atoms with Crippen molar-refractivity contribution in [1.82, 2.24) is 25.3 Å². The number of rotatable bonds is 4. The Labute approximate surface area is 159 Å². The van der Waals surface area contributed by atoms with E-state index in [4.69, 9.17) is 22.1 Å². The monoisotopic (exact) mass is 385 g/mol. The molecule has 138 valence electrons. The van der Waals surface area contributed by atoms with Crippen LogP contribution >= 0.6 is 11.6 Å². The molecule has 3 aromatic rings. The smallest absolute Gasteiger partial charge is 0.255 e. The molecule has 1 aliphatic heterocycles. The van der Waals surface area contributed by atoms with Crippen LogP contribution in [0.5, 0.6) is 5.75 Å². The number of ether oxygens (including phenoxy) is 1. The Morgan fingerprint density at radius 2 is 2.19 bits per heavy atom. The van der Waals surface area contributed by atoms with Crippen molar-refractivity contribution in [2.75, 3.05) is 24.7 Å². The number of nitrogen functional groups attached to an aromatic ring is 1. The summed E-state index contributed by atoms with van der Waals surface area (Å²) in [5, 5.41) is 6.54. The fourth-order valence-electron chi connectivity index (χ4n) is 3.05. The van der Waals surface area contributed by atoms with Gasteiger partial charge in [0.2, 0.25) is 5.95 Å². The Bertz CT molecular complexity index is 1030. The second-order valence-corrected chi connectivity index (χ2v) is 6.25. The first-order valence-corrected chi connectivity index (χ1v) is 8.53. The number of aromatic nitrogens is 4. The highest BCUT2D eigenvalue weighted by Crippen LogP contribution is 2.39. The number of nitrogens with one attached hydrogen (secondary N) is 3. The van der Waals surface area contributed by atoms with Crippen LogP contribution in [0.2, 0.25) is 5.02 Å². The van der Waals surface area contributed by atoms with E-state index < -0.39 is 0 Å². The van der Waals surface area contributed by atoms with Crippen molar-refractivity contribution in [3.63, 3.8) is 0 Å². The summed E-state index contributed by atoms with van der Waals surface area (Å²) in [7, 11) is 1.53. The summed E-state index contributed by atoms with van der Waals surface area (Å²) < 4.78 is 5.39. The quantitative estimate of drug-likeness (QED) is 0.541. The highest BCUT2D eigenvalue weighted by Gasteiger charge is 2.28. The highest BCUT2D eigenvalue weighted by atomic mass is 35.5. The van der Waals surface area contributed by atoms with Crippen LogP contribution in [0.15, 0.2) is 24.5 Å². The molecule has 1 aliphatic rings. The van der Waals surface area contributed by atoms with Gasteiger partial charge in [0.1, 0.15) is 12.0 Å². The number of anilines is 3. The summed E-state index contributed by atoms with van der Waals surface area (Å²) in [6.45, 7) is 0.547. The Kier molecular flexibility index (Phi) is 4.28. The van der Waals surface area contributed by atoms with E-state index in [1.165, 1.54) is 13.4 Å². The van der Waals surface area contributed by atoms with Crippen molar-refractivity contribution in [3.8, 4) is 17.3 Å². The van der Waals surface area contributed by atoms with Crippen LogP contribution in [0.3, 0.4) is 0 Å². The third-order valence-electron chi connectivity index (χ3n) is 4.21. The van der Waals surface area contributed by atoms with Crippen molar-refractivity contribution in [2.24, 2.45) is 0 Å². The van der Waals surface area contributed by atoms with Crippen LogP contribution in [0.4, 0.5) is 17.3 Å². The van der Waals surface area contributed by atoms with Crippen LogP contribution in [-0.2, 0) is 6.42 Å². The van der Waals surface area contributed by atoms with E-state index in [-0.39, 0.29) is 11.9 Å². The van der Waals surface area contributed by atoms with E-state index in [0.717, 1.165) is 5.69 Å². The number of benzene rings is 1. The fourth-order valence-corrected chi connectivity index (χ4v) is 3.30. The number of H-pyrrole nitrogens is 1. The molecule has 3 heterocycles. The van der Waals surface area contributed by atoms with Gasteiger partial charge in [-0.1, -0.05) is 17.7 Å². The number of fused-ring (bicyclic) bond motifs is 1. The summed E-state index contributed by atoms with van der Waals surface area (Å²) in [6, 6.07) is 5.31. The molecule has 0 bridgehead atoms. The van der Waals surface area contributed by atoms with Gasteiger partial charge in [0.05, 0.1) is 29.1 Å². The Hall–Kier alpha value is -3.33. The highest BCUT2D eigenvalue weighted by molar-refractivity contribution is 6.32. The summed E-state index contributed by atoms with van der Waals surface area (Å²) in [5.41, 5.74) is 8.65. The van der Waals surface area contributed by atoms with E-state index in [0.29, 0.717) is 52.2 Å². The largest absolute Gasteiger partial charge is 0.493 e. The SMILES string of the molecule is COc1c(Cl)cccc1Nc1c(-c2ncnc(N)n2)[nH]c2c1C(=O)NCC2. The van der Waals surface area contributed by atoms with Crippen LogP contribution in [-0.4, -0.2) is 39.5 Å². The van der Waals surface area contributed by atoms with E-state index in [2.05, 4.69) is 30.6 Å². The third-order valence-corrected chi connectivity index (χ3v) is 4.51.